The number of nitrogens with two attached hydrogens (primary N) is 1. The van der Waals surface area contributed by atoms with E-state index in [9.17, 15) is 0 Å². The first-order valence-corrected chi connectivity index (χ1v) is 6.03. The minimum atomic E-state index is 0. The van der Waals surface area contributed by atoms with Gasteiger partial charge < -0.3 is 5.73 Å². The third kappa shape index (κ3) is 3.52. The van der Waals surface area contributed by atoms with Crippen molar-refractivity contribution >= 4 is 57.4 Å². The molecule has 0 amide bonds. The average molecular weight is 357 g/mol. The zero-order valence-corrected chi connectivity index (χ0v) is 12.4. The molecule has 1 aromatic heterocycles. The molecule has 2 rings (SSSR count). The third-order valence-electron chi connectivity index (χ3n) is 2.09. The van der Waals surface area contributed by atoms with Crippen molar-refractivity contribution in [1.29, 1.82) is 0 Å². The quantitative estimate of drug-likeness (QED) is 0.883. The fourth-order valence-corrected chi connectivity index (χ4v) is 2.10. The third-order valence-corrected chi connectivity index (χ3v) is 3.29. The number of anilines is 1. The number of aromatic nitrogens is 2. The highest BCUT2D eigenvalue weighted by Crippen LogP contribution is 2.23. The monoisotopic (exact) mass is 355 g/mol. The Hall–Kier alpha value is -0.420. The van der Waals surface area contributed by atoms with Crippen LogP contribution in [0.2, 0.25) is 10.0 Å². The van der Waals surface area contributed by atoms with Gasteiger partial charge in [0.15, 0.2) is 5.82 Å². The predicted molar refractivity (Wildman–Crippen MR) is 77.2 cm³/mol. The molecular weight excluding hydrogens is 348 g/mol. The molecular formula is C10H9BrCl3N3. The Morgan fingerprint density at radius 1 is 1.35 bits per heavy atom. The van der Waals surface area contributed by atoms with E-state index in [1.807, 2.05) is 6.07 Å². The molecule has 17 heavy (non-hydrogen) atoms. The van der Waals surface area contributed by atoms with Gasteiger partial charge in [0.25, 0.3) is 0 Å². The second-order valence-electron chi connectivity index (χ2n) is 3.30. The van der Waals surface area contributed by atoms with Gasteiger partial charge in [-0.1, -0.05) is 29.3 Å². The molecule has 7 heteroatoms. The summed E-state index contributed by atoms with van der Waals surface area (Å²) in [5.74, 6) is 0.463. The summed E-state index contributed by atoms with van der Waals surface area (Å²) in [4.78, 5) is 0. The van der Waals surface area contributed by atoms with Gasteiger partial charge in [-0.2, -0.15) is 5.10 Å². The highest BCUT2D eigenvalue weighted by molar-refractivity contribution is 9.10. The number of rotatable bonds is 2. The lowest BCUT2D eigenvalue weighted by Crippen LogP contribution is -2.01. The van der Waals surface area contributed by atoms with Crippen LogP contribution in [-0.2, 0) is 6.54 Å². The second kappa shape index (κ2) is 5.96. The van der Waals surface area contributed by atoms with Gasteiger partial charge in [-0.25, -0.2) is 0 Å². The summed E-state index contributed by atoms with van der Waals surface area (Å²) in [6, 6.07) is 5.38. The summed E-state index contributed by atoms with van der Waals surface area (Å²) >= 11 is 15.2. The summed E-state index contributed by atoms with van der Waals surface area (Å²) in [6.45, 7) is 0.561. The number of nitrogens with zero attached hydrogens (tertiary/aromatic N) is 2. The van der Waals surface area contributed by atoms with Crippen molar-refractivity contribution in [1.82, 2.24) is 9.78 Å². The summed E-state index contributed by atoms with van der Waals surface area (Å²) < 4.78 is 2.49. The van der Waals surface area contributed by atoms with E-state index in [4.69, 9.17) is 28.9 Å². The number of hydrogen-bond donors (Lipinski definition) is 1. The Kier molecular flexibility index (Phi) is 5.13. The molecule has 2 N–H and O–H groups in total. The first kappa shape index (κ1) is 14.6. The molecule has 0 bridgehead atoms. The largest absolute Gasteiger partial charge is 0.381 e. The number of benzene rings is 1. The molecule has 0 radical (unpaired) electrons. The zero-order chi connectivity index (χ0) is 11.7. The fourth-order valence-electron chi connectivity index (χ4n) is 1.32. The van der Waals surface area contributed by atoms with E-state index < -0.39 is 0 Å². The molecule has 1 aromatic carbocycles. The van der Waals surface area contributed by atoms with Crippen LogP contribution >= 0.6 is 51.5 Å². The van der Waals surface area contributed by atoms with Crippen LogP contribution in [0.25, 0.3) is 0 Å². The Morgan fingerprint density at radius 2 is 2.06 bits per heavy atom. The van der Waals surface area contributed by atoms with E-state index in [0.717, 1.165) is 10.0 Å². The minimum Gasteiger partial charge on any atom is -0.381 e. The van der Waals surface area contributed by atoms with Gasteiger partial charge in [0.2, 0.25) is 0 Å². The first-order chi connectivity index (χ1) is 7.56. The van der Waals surface area contributed by atoms with E-state index in [1.165, 1.54) is 0 Å². The first-order valence-electron chi connectivity index (χ1n) is 4.48. The molecule has 0 aliphatic rings. The zero-order valence-electron chi connectivity index (χ0n) is 8.53. The van der Waals surface area contributed by atoms with Gasteiger partial charge in [0.05, 0.1) is 11.0 Å². The van der Waals surface area contributed by atoms with Crippen LogP contribution in [0.3, 0.4) is 0 Å². The molecule has 0 fully saturated rings. The molecule has 3 nitrogen and oxygen atoms in total. The summed E-state index contributed by atoms with van der Waals surface area (Å²) in [7, 11) is 0. The van der Waals surface area contributed by atoms with Gasteiger partial charge in [0, 0.05) is 16.2 Å². The van der Waals surface area contributed by atoms with Crippen LogP contribution in [0.15, 0.2) is 28.9 Å². The maximum Gasteiger partial charge on any atom is 0.159 e. The molecule has 0 atom stereocenters. The van der Waals surface area contributed by atoms with Crippen molar-refractivity contribution in [3.05, 3.63) is 44.5 Å². The Morgan fingerprint density at radius 3 is 2.59 bits per heavy atom. The van der Waals surface area contributed by atoms with Crippen molar-refractivity contribution in [2.75, 3.05) is 5.73 Å². The van der Waals surface area contributed by atoms with Crippen LogP contribution in [-0.4, -0.2) is 9.78 Å². The minimum absolute atomic E-state index is 0. The molecule has 2 aromatic rings. The molecule has 0 aliphatic heterocycles. The molecule has 0 aliphatic carbocycles. The van der Waals surface area contributed by atoms with Crippen molar-refractivity contribution in [2.24, 2.45) is 0 Å². The second-order valence-corrected chi connectivity index (χ2v) is 4.99. The Bertz CT molecular complexity index is 508. The SMILES string of the molecule is Cl.Nc1nn(Cc2ccc(Cl)cc2Cl)cc1Br. The fraction of sp³-hybridized carbons (Fsp3) is 0.100. The number of halogens is 4. The predicted octanol–water partition coefficient (Wildman–Crippen LogP) is 4.00. The highest BCUT2D eigenvalue weighted by Gasteiger charge is 2.06. The van der Waals surface area contributed by atoms with Crippen LogP contribution in [0.5, 0.6) is 0 Å². The maximum atomic E-state index is 6.06. The topological polar surface area (TPSA) is 43.8 Å². The summed E-state index contributed by atoms with van der Waals surface area (Å²) in [5.41, 5.74) is 6.57. The Labute approximate surface area is 123 Å². The molecule has 0 spiro atoms. The lowest BCUT2D eigenvalue weighted by atomic mass is 10.2. The van der Waals surface area contributed by atoms with Crippen LogP contribution < -0.4 is 5.73 Å². The highest BCUT2D eigenvalue weighted by atomic mass is 79.9. The maximum absolute atomic E-state index is 6.06. The molecule has 0 saturated heterocycles. The van der Waals surface area contributed by atoms with Crippen LogP contribution in [0.1, 0.15) is 5.56 Å². The van der Waals surface area contributed by atoms with Crippen LogP contribution in [0.4, 0.5) is 5.82 Å². The average Bonchev–Trinajstić information content (AvgIpc) is 2.51. The van der Waals surface area contributed by atoms with Crippen molar-refractivity contribution < 1.29 is 0 Å². The molecule has 92 valence electrons. The lowest BCUT2D eigenvalue weighted by molar-refractivity contribution is 0.690. The summed E-state index contributed by atoms with van der Waals surface area (Å²) in [6.07, 6.45) is 1.81. The van der Waals surface area contributed by atoms with E-state index >= 15 is 0 Å². The van der Waals surface area contributed by atoms with E-state index in [0.29, 0.717) is 22.4 Å². The number of nitrogen functional groups attached to an aromatic ring is 1. The molecule has 0 saturated carbocycles. The van der Waals surface area contributed by atoms with Gasteiger partial charge in [0.1, 0.15) is 0 Å². The van der Waals surface area contributed by atoms with Crippen LogP contribution in [0, 0.1) is 0 Å². The van der Waals surface area contributed by atoms with Gasteiger partial charge in [-0.3, -0.25) is 4.68 Å². The van der Waals surface area contributed by atoms with E-state index in [1.54, 1.807) is 23.0 Å². The van der Waals surface area contributed by atoms with Crippen molar-refractivity contribution in [3.8, 4) is 0 Å². The lowest BCUT2D eigenvalue weighted by Gasteiger charge is -2.04. The van der Waals surface area contributed by atoms with Gasteiger partial charge in [-0.15, -0.1) is 12.4 Å². The smallest absolute Gasteiger partial charge is 0.159 e. The normalized spacial score (nSPS) is 10.1. The van der Waals surface area contributed by atoms with Crippen molar-refractivity contribution in [3.63, 3.8) is 0 Å². The molecule has 0 unspecified atom stereocenters. The molecule has 1 heterocycles. The Balaban J connectivity index is 0.00000144. The van der Waals surface area contributed by atoms with Crippen molar-refractivity contribution in [2.45, 2.75) is 6.54 Å². The van der Waals surface area contributed by atoms with Gasteiger partial charge >= 0.3 is 0 Å². The van der Waals surface area contributed by atoms with E-state index in [2.05, 4.69) is 21.0 Å². The van der Waals surface area contributed by atoms with Gasteiger partial charge in [-0.05, 0) is 33.6 Å². The summed E-state index contributed by atoms with van der Waals surface area (Å²) in [5, 5.41) is 5.37. The number of hydrogen-bond acceptors (Lipinski definition) is 2. The standard InChI is InChI=1S/C10H8BrCl2N3.ClH/c11-8-5-16(15-10(8)14)4-6-1-2-7(12)3-9(6)13;/h1-3,5H,4H2,(H2,14,15);1H. The van der Waals surface area contributed by atoms with E-state index in [-0.39, 0.29) is 12.4 Å².